The normalized spacial score (nSPS) is 27.7. The highest BCUT2D eigenvalue weighted by atomic mass is 16.8. The van der Waals surface area contributed by atoms with Crippen LogP contribution in [0, 0.1) is 0 Å². The lowest BCUT2D eigenvalue weighted by molar-refractivity contribution is -0.421. The SMILES string of the molecule is CO[C@H]1OC(COCc2ccccc2)[C@@H](OCc2ccccc2)C(OCc2ccccc2)C1O[C@H]1OC(COCc2ccccc2)[C@@H](OCc2ccccc2)C(OCc2ccccc2)C1O[C@H]1OC2COC(c3ccccc3)O[C@H]2C(O[C@H]2OC(COCc3ccccc3)[C@@H](OCc3ccccc3)C(OCc3ccccc3)C2OC(C)=O)C1OC(C)=O. The minimum absolute atomic E-state index is 0.00870. The molecule has 640 valence electrons. The minimum atomic E-state index is -1.71. The van der Waals surface area contributed by atoms with Crippen molar-refractivity contribution in [2.45, 2.75) is 202 Å². The van der Waals surface area contributed by atoms with E-state index in [0.29, 0.717) is 5.56 Å². The summed E-state index contributed by atoms with van der Waals surface area (Å²) in [4.78, 5) is 28.7. The van der Waals surface area contributed by atoms with Crippen molar-refractivity contribution in [3.63, 3.8) is 0 Å². The van der Waals surface area contributed by atoms with Crippen molar-refractivity contribution in [2.75, 3.05) is 33.5 Å². The summed E-state index contributed by atoms with van der Waals surface area (Å²) >= 11 is 0. The number of methoxy groups -OCH3 is 1. The molecule has 0 bridgehead atoms. The van der Waals surface area contributed by atoms with Crippen LogP contribution in [-0.2, 0) is 169 Å². The van der Waals surface area contributed by atoms with Crippen LogP contribution in [0.1, 0.15) is 75.8 Å². The Morgan fingerprint density at radius 2 is 0.533 bits per heavy atom. The van der Waals surface area contributed by atoms with Crippen molar-refractivity contribution in [3.8, 4) is 0 Å². The largest absolute Gasteiger partial charge is 0.454 e. The van der Waals surface area contributed by atoms with E-state index >= 15 is 0 Å². The highest BCUT2D eigenvalue weighted by Crippen LogP contribution is 2.44. The van der Waals surface area contributed by atoms with Gasteiger partial charge in [0.25, 0.3) is 0 Å². The molecule has 0 aromatic heterocycles. The number of ether oxygens (including phenoxy) is 21. The molecule has 5 heterocycles. The Labute approximate surface area is 712 Å². The lowest BCUT2D eigenvalue weighted by Crippen LogP contribution is -2.70. The monoisotopic (exact) mass is 1660 g/mol. The van der Waals surface area contributed by atoms with Gasteiger partial charge in [0.1, 0.15) is 85.5 Å². The van der Waals surface area contributed by atoms with E-state index in [0.717, 1.165) is 50.1 Å². The Bertz CT molecular complexity index is 4660. The summed E-state index contributed by atoms with van der Waals surface area (Å²) in [6.07, 6.45) is -26.1. The van der Waals surface area contributed by atoms with Gasteiger partial charge in [-0.25, -0.2) is 0 Å². The number of fused-ring (bicyclic) bond motifs is 1. The Morgan fingerprint density at radius 3 is 0.852 bits per heavy atom. The Morgan fingerprint density at radius 1 is 0.279 bits per heavy atom. The standard InChI is InChI=1S/C99H106O23/c1-67(100)113-92-88(110-61-76-48-28-11-29-49-76)84(107-58-73-42-22-8-23-43-73)80(64-104-55-70-36-16-5-17-37-70)116-97(92)120-90-86-82(66-112-95(119-86)78-52-32-13-33-53-78)118-99(94(90)114-68(2)101)122-93-89(111-62-77-50-30-12-31-51-77)85(108-59-74-44-24-9-25-45-74)81(65-105-56-71-38-18-6-19-39-71)117-98(93)121-91-87(109-60-75-46-26-10-27-47-75)83(106-57-72-40-20-7-21-41-72)79(115-96(91)102-3)63-103-54-69-34-14-4-15-35-69/h4-53,79-99H,54-66H2,1-3H3/t79?,80?,81?,82?,83-,84-,85-,86-,87?,88?,89?,90?,91?,92?,93?,94?,95?,96+,97-,98-,99-/m1/s1. The van der Waals surface area contributed by atoms with Crippen LogP contribution in [0.25, 0.3) is 0 Å². The zero-order chi connectivity index (χ0) is 83.4. The molecule has 21 atom stereocenters. The minimum Gasteiger partial charge on any atom is -0.454 e. The van der Waals surface area contributed by atoms with Gasteiger partial charge in [-0.05, 0) is 50.1 Å². The smallest absolute Gasteiger partial charge is 0.303 e. The highest BCUT2D eigenvalue weighted by Gasteiger charge is 2.61. The van der Waals surface area contributed by atoms with Crippen LogP contribution in [0.15, 0.2) is 303 Å². The molecular formula is C99H106O23. The van der Waals surface area contributed by atoms with Crippen molar-refractivity contribution in [3.05, 3.63) is 359 Å². The number of hydrogen-bond acceptors (Lipinski definition) is 23. The van der Waals surface area contributed by atoms with Crippen LogP contribution < -0.4 is 0 Å². The second-order valence-corrected chi connectivity index (χ2v) is 30.6. The van der Waals surface area contributed by atoms with Crippen LogP contribution in [0.3, 0.4) is 0 Å². The van der Waals surface area contributed by atoms with Crippen molar-refractivity contribution in [1.29, 1.82) is 0 Å². The topological polar surface area (TPSA) is 228 Å². The van der Waals surface area contributed by atoms with Crippen molar-refractivity contribution >= 4 is 11.9 Å². The second-order valence-electron chi connectivity index (χ2n) is 30.6. The maximum Gasteiger partial charge on any atom is 0.303 e. The molecule has 13 unspecified atom stereocenters. The van der Waals surface area contributed by atoms with E-state index in [2.05, 4.69) is 0 Å². The molecule has 5 aliphatic rings. The molecule has 122 heavy (non-hydrogen) atoms. The van der Waals surface area contributed by atoms with Gasteiger partial charge in [0.05, 0.1) is 85.9 Å². The molecule has 15 rings (SSSR count). The second kappa shape index (κ2) is 45.1. The fourth-order valence-electron chi connectivity index (χ4n) is 15.8. The molecule has 0 saturated carbocycles. The summed E-state index contributed by atoms with van der Waals surface area (Å²) in [6, 6.07) is 97.1. The number of carbonyl (C=O) groups excluding carboxylic acids is 2. The van der Waals surface area contributed by atoms with Crippen LogP contribution in [0.2, 0.25) is 0 Å². The summed E-state index contributed by atoms with van der Waals surface area (Å²) in [6.45, 7) is 3.32. The maximum atomic E-state index is 14.6. The molecule has 0 aliphatic carbocycles. The summed E-state index contributed by atoms with van der Waals surface area (Å²) in [5, 5.41) is 0. The molecule has 5 fully saturated rings. The van der Waals surface area contributed by atoms with E-state index in [4.69, 9.17) is 99.5 Å². The third kappa shape index (κ3) is 24.2. The number of rotatable bonds is 40. The van der Waals surface area contributed by atoms with Gasteiger partial charge in [0.15, 0.2) is 43.7 Å². The lowest BCUT2D eigenvalue weighted by atomic mass is 9.94. The molecule has 5 aliphatic heterocycles. The lowest BCUT2D eigenvalue weighted by Gasteiger charge is -2.53. The van der Waals surface area contributed by atoms with Crippen LogP contribution in [0.4, 0.5) is 0 Å². The van der Waals surface area contributed by atoms with Crippen LogP contribution in [-0.4, -0.2) is 168 Å². The van der Waals surface area contributed by atoms with E-state index in [-0.39, 0.29) is 85.9 Å². The molecule has 10 aromatic carbocycles. The molecule has 23 nitrogen and oxygen atoms in total. The van der Waals surface area contributed by atoms with Crippen molar-refractivity contribution < 1.29 is 109 Å². The highest BCUT2D eigenvalue weighted by molar-refractivity contribution is 5.66. The van der Waals surface area contributed by atoms with Gasteiger partial charge in [-0.3, -0.25) is 9.59 Å². The predicted octanol–water partition coefficient (Wildman–Crippen LogP) is 14.8. The van der Waals surface area contributed by atoms with E-state index in [9.17, 15) is 9.59 Å². The molecule has 0 amide bonds. The third-order valence-corrected chi connectivity index (χ3v) is 21.7. The quantitative estimate of drug-likeness (QED) is 0.0325. The van der Waals surface area contributed by atoms with Crippen molar-refractivity contribution in [1.82, 2.24) is 0 Å². The van der Waals surface area contributed by atoms with Gasteiger partial charge < -0.3 is 99.5 Å². The molecule has 23 heteroatoms. The fraction of sp³-hybridized carbons (Fsp3) is 0.374. The maximum absolute atomic E-state index is 14.6. The first-order chi connectivity index (χ1) is 60.1. The zero-order valence-electron chi connectivity index (χ0n) is 68.6. The van der Waals surface area contributed by atoms with Gasteiger partial charge in [-0.15, -0.1) is 0 Å². The van der Waals surface area contributed by atoms with E-state index < -0.39 is 141 Å². The van der Waals surface area contributed by atoms with Gasteiger partial charge in [-0.2, -0.15) is 0 Å². The molecule has 0 N–H and O–H groups in total. The summed E-state index contributed by atoms with van der Waals surface area (Å²) in [5.74, 6) is -1.47. The molecule has 0 spiro atoms. The molecular weight excluding hydrogens is 1560 g/mol. The van der Waals surface area contributed by atoms with Gasteiger partial charge >= 0.3 is 11.9 Å². The zero-order valence-corrected chi connectivity index (χ0v) is 68.6. The Balaban J connectivity index is 0.861. The van der Waals surface area contributed by atoms with E-state index in [1.54, 1.807) is 0 Å². The molecule has 0 radical (unpaired) electrons. The van der Waals surface area contributed by atoms with Gasteiger partial charge in [0.2, 0.25) is 0 Å². The average molecular weight is 1660 g/mol. The number of benzene rings is 10. The van der Waals surface area contributed by atoms with Crippen LogP contribution in [0.5, 0.6) is 0 Å². The van der Waals surface area contributed by atoms with Crippen molar-refractivity contribution in [2.24, 2.45) is 0 Å². The summed E-state index contributed by atoms with van der Waals surface area (Å²) in [7, 11) is 1.53. The number of esters is 2. The number of hydrogen-bond donors (Lipinski definition) is 0. The number of carbonyl (C=O) groups is 2. The van der Waals surface area contributed by atoms with E-state index in [1.807, 2.05) is 303 Å². The predicted molar refractivity (Wildman–Crippen MR) is 446 cm³/mol. The first-order valence-corrected chi connectivity index (χ1v) is 41.6. The fourth-order valence-corrected chi connectivity index (χ4v) is 15.8. The third-order valence-electron chi connectivity index (χ3n) is 21.7. The first-order valence-electron chi connectivity index (χ1n) is 41.6. The Hall–Kier alpha value is -9.62. The van der Waals surface area contributed by atoms with Gasteiger partial charge in [0, 0.05) is 26.5 Å². The summed E-state index contributed by atoms with van der Waals surface area (Å²) < 4.78 is 149. The van der Waals surface area contributed by atoms with Gasteiger partial charge in [-0.1, -0.05) is 303 Å². The summed E-state index contributed by atoms with van der Waals surface area (Å²) in [5.41, 5.74) is 8.46. The average Bonchev–Trinajstić information content (AvgIpc) is 0.748. The molecule has 5 saturated heterocycles. The van der Waals surface area contributed by atoms with Crippen LogP contribution >= 0.6 is 0 Å². The molecule has 10 aromatic rings. The first kappa shape index (κ1) is 87.3. The van der Waals surface area contributed by atoms with E-state index in [1.165, 1.54) is 21.0 Å². The Kier molecular flexibility index (Phi) is 32.3.